The third-order valence-electron chi connectivity index (χ3n) is 3.15. The minimum atomic E-state index is 0.642. The van der Waals surface area contributed by atoms with E-state index in [4.69, 9.17) is 14.6 Å². The second kappa shape index (κ2) is 9.07. The molecule has 1 N–H and O–H groups in total. The molecule has 1 aromatic heterocycles. The smallest absolute Gasteiger partial charge is 0.0701 e. The molecule has 5 nitrogen and oxygen atoms in total. The van der Waals surface area contributed by atoms with Crippen LogP contribution < -0.4 is 5.32 Å². The molecule has 0 radical (unpaired) electrons. The van der Waals surface area contributed by atoms with Crippen molar-refractivity contribution in [2.75, 3.05) is 34.0 Å². The van der Waals surface area contributed by atoms with Crippen molar-refractivity contribution < 1.29 is 9.47 Å². The molecule has 110 valence electrons. The quantitative estimate of drug-likeness (QED) is 0.652. The van der Waals surface area contributed by atoms with E-state index in [1.807, 2.05) is 7.05 Å². The summed E-state index contributed by atoms with van der Waals surface area (Å²) < 4.78 is 12.6. The van der Waals surface area contributed by atoms with Crippen molar-refractivity contribution >= 4 is 0 Å². The Morgan fingerprint density at radius 2 is 1.95 bits per heavy atom. The number of hydrogen-bond acceptors (Lipinski definition) is 4. The van der Waals surface area contributed by atoms with E-state index in [2.05, 4.69) is 23.8 Å². The van der Waals surface area contributed by atoms with Gasteiger partial charge < -0.3 is 14.8 Å². The molecule has 0 aliphatic heterocycles. The summed E-state index contributed by atoms with van der Waals surface area (Å²) in [6.45, 7) is 7.99. The number of nitrogens with one attached hydrogen (secondary N) is 1. The third-order valence-corrected chi connectivity index (χ3v) is 3.15. The lowest BCUT2D eigenvalue weighted by Gasteiger charge is -2.08. The van der Waals surface area contributed by atoms with Crippen molar-refractivity contribution in [3.63, 3.8) is 0 Å². The second-order valence-corrected chi connectivity index (χ2v) is 4.44. The van der Waals surface area contributed by atoms with Crippen LogP contribution in [0.25, 0.3) is 0 Å². The fourth-order valence-corrected chi connectivity index (χ4v) is 2.23. The minimum absolute atomic E-state index is 0.642. The Labute approximate surface area is 116 Å². The monoisotopic (exact) mass is 269 g/mol. The first-order chi connectivity index (χ1) is 9.28. The van der Waals surface area contributed by atoms with Crippen LogP contribution in [0, 0.1) is 0 Å². The fraction of sp³-hybridized carbons (Fsp3) is 0.786. The van der Waals surface area contributed by atoms with Gasteiger partial charge in [-0.2, -0.15) is 5.10 Å². The van der Waals surface area contributed by atoms with Gasteiger partial charge in [-0.15, -0.1) is 0 Å². The van der Waals surface area contributed by atoms with E-state index in [-0.39, 0.29) is 0 Å². The number of hydrogen-bond donors (Lipinski definition) is 1. The zero-order chi connectivity index (χ0) is 14.1. The van der Waals surface area contributed by atoms with E-state index in [0.717, 1.165) is 25.9 Å². The van der Waals surface area contributed by atoms with Crippen LogP contribution in [0.5, 0.6) is 0 Å². The lowest BCUT2D eigenvalue weighted by molar-refractivity contribution is 0.0651. The predicted octanol–water partition coefficient (Wildman–Crippen LogP) is 1.39. The lowest BCUT2D eigenvalue weighted by atomic mass is 10.1. The molecule has 0 aliphatic rings. The van der Waals surface area contributed by atoms with Crippen LogP contribution in [0.1, 0.15) is 30.8 Å². The Bertz CT molecular complexity index is 364. The standard InChI is InChI=1S/C14H27N3O2/c1-5-13-12(11-15-3)14(6-2)17(16-13)7-8-19-10-9-18-4/h15H,5-11H2,1-4H3. The average molecular weight is 269 g/mol. The number of aryl methyl sites for hydroxylation is 1. The second-order valence-electron chi connectivity index (χ2n) is 4.44. The van der Waals surface area contributed by atoms with Crippen LogP contribution in [-0.2, 0) is 35.4 Å². The van der Waals surface area contributed by atoms with Crippen molar-refractivity contribution in [2.45, 2.75) is 39.8 Å². The number of methoxy groups -OCH3 is 1. The molecular formula is C14H27N3O2. The molecule has 5 heteroatoms. The minimum Gasteiger partial charge on any atom is -0.382 e. The predicted molar refractivity (Wildman–Crippen MR) is 76.4 cm³/mol. The van der Waals surface area contributed by atoms with Crippen LogP contribution in [-0.4, -0.2) is 43.8 Å². The normalized spacial score (nSPS) is 11.2. The fourth-order valence-electron chi connectivity index (χ4n) is 2.23. The van der Waals surface area contributed by atoms with Gasteiger partial charge in [-0.3, -0.25) is 4.68 Å². The Morgan fingerprint density at radius 1 is 1.16 bits per heavy atom. The van der Waals surface area contributed by atoms with E-state index in [9.17, 15) is 0 Å². The van der Waals surface area contributed by atoms with Gasteiger partial charge in [-0.25, -0.2) is 0 Å². The number of nitrogens with zero attached hydrogens (tertiary/aromatic N) is 2. The van der Waals surface area contributed by atoms with Gasteiger partial charge in [-0.05, 0) is 19.9 Å². The highest BCUT2D eigenvalue weighted by Crippen LogP contribution is 2.16. The molecule has 0 bridgehead atoms. The number of aromatic nitrogens is 2. The van der Waals surface area contributed by atoms with Crippen LogP contribution >= 0.6 is 0 Å². The van der Waals surface area contributed by atoms with E-state index >= 15 is 0 Å². The third kappa shape index (κ3) is 4.60. The SMILES string of the molecule is CCc1nn(CCOCCOC)c(CC)c1CNC. The van der Waals surface area contributed by atoms with Crippen molar-refractivity contribution in [3.8, 4) is 0 Å². The number of ether oxygens (including phenoxy) is 2. The highest BCUT2D eigenvalue weighted by Gasteiger charge is 2.14. The summed E-state index contributed by atoms with van der Waals surface area (Å²) in [5.41, 5.74) is 3.87. The summed E-state index contributed by atoms with van der Waals surface area (Å²) in [6, 6.07) is 0. The molecule has 1 rings (SSSR count). The highest BCUT2D eigenvalue weighted by molar-refractivity contribution is 5.26. The molecule has 0 aromatic carbocycles. The zero-order valence-electron chi connectivity index (χ0n) is 12.7. The molecule has 1 aromatic rings. The van der Waals surface area contributed by atoms with Crippen molar-refractivity contribution in [1.82, 2.24) is 15.1 Å². The molecule has 0 unspecified atom stereocenters. The Hall–Kier alpha value is -0.910. The molecule has 0 atom stereocenters. The summed E-state index contributed by atoms with van der Waals surface area (Å²) in [4.78, 5) is 0. The molecule has 0 aliphatic carbocycles. The van der Waals surface area contributed by atoms with E-state index in [1.165, 1.54) is 17.0 Å². The molecule has 19 heavy (non-hydrogen) atoms. The molecule has 0 spiro atoms. The van der Waals surface area contributed by atoms with Gasteiger partial charge in [0.1, 0.15) is 0 Å². The van der Waals surface area contributed by atoms with E-state index < -0.39 is 0 Å². The van der Waals surface area contributed by atoms with Crippen LogP contribution in [0.2, 0.25) is 0 Å². The van der Waals surface area contributed by atoms with Crippen molar-refractivity contribution in [3.05, 3.63) is 17.0 Å². The van der Waals surface area contributed by atoms with Crippen molar-refractivity contribution in [2.24, 2.45) is 0 Å². The van der Waals surface area contributed by atoms with Crippen LogP contribution in [0.4, 0.5) is 0 Å². The summed E-state index contributed by atoms with van der Waals surface area (Å²) in [7, 11) is 3.66. The average Bonchev–Trinajstić information content (AvgIpc) is 2.76. The Balaban J connectivity index is 2.65. The topological polar surface area (TPSA) is 48.3 Å². The zero-order valence-corrected chi connectivity index (χ0v) is 12.7. The van der Waals surface area contributed by atoms with Gasteiger partial charge in [0.2, 0.25) is 0 Å². The molecule has 0 fully saturated rings. The summed E-state index contributed by atoms with van der Waals surface area (Å²) in [5.74, 6) is 0. The van der Waals surface area contributed by atoms with Gasteiger partial charge >= 0.3 is 0 Å². The van der Waals surface area contributed by atoms with Gasteiger partial charge in [0, 0.05) is 24.9 Å². The maximum absolute atomic E-state index is 5.52. The highest BCUT2D eigenvalue weighted by atomic mass is 16.5. The van der Waals surface area contributed by atoms with E-state index in [1.54, 1.807) is 7.11 Å². The molecular weight excluding hydrogens is 242 g/mol. The summed E-state index contributed by atoms with van der Waals surface area (Å²) in [5, 5.41) is 7.93. The molecule has 1 heterocycles. The Morgan fingerprint density at radius 3 is 2.53 bits per heavy atom. The van der Waals surface area contributed by atoms with Gasteiger partial charge in [0.15, 0.2) is 0 Å². The first-order valence-corrected chi connectivity index (χ1v) is 7.07. The maximum Gasteiger partial charge on any atom is 0.0701 e. The van der Waals surface area contributed by atoms with Crippen LogP contribution in [0.15, 0.2) is 0 Å². The Kier molecular flexibility index (Phi) is 7.70. The van der Waals surface area contributed by atoms with E-state index in [0.29, 0.717) is 19.8 Å². The summed E-state index contributed by atoms with van der Waals surface area (Å²) >= 11 is 0. The van der Waals surface area contributed by atoms with Crippen molar-refractivity contribution in [1.29, 1.82) is 0 Å². The van der Waals surface area contributed by atoms with Gasteiger partial charge in [0.25, 0.3) is 0 Å². The lowest BCUT2D eigenvalue weighted by Crippen LogP contribution is -2.13. The van der Waals surface area contributed by atoms with Crippen LogP contribution in [0.3, 0.4) is 0 Å². The first kappa shape index (κ1) is 16.1. The molecule has 0 saturated carbocycles. The molecule has 0 saturated heterocycles. The molecule has 0 amide bonds. The largest absolute Gasteiger partial charge is 0.382 e. The van der Waals surface area contributed by atoms with Gasteiger partial charge in [-0.1, -0.05) is 13.8 Å². The summed E-state index contributed by atoms with van der Waals surface area (Å²) in [6.07, 6.45) is 1.98. The number of rotatable bonds is 10. The van der Waals surface area contributed by atoms with Gasteiger partial charge in [0.05, 0.1) is 32.1 Å². The first-order valence-electron chi connectivity index (χ1n) is 7.07. The maximum atomic E-state index is 5.52.